The Kier molecular flexibility index (Phi) is 5.69. The number of anilines is 1. The molecule has 1 atom stereocenters. The van der Waals surface area contributed by atoms with Gasteiger partial charge in [-0.3, -0.25) is 14.2 Å². The van der Waals surface area contributed by atoms with Crippen LogP contribution in [0.3, 0.4) is 0 Å². The summed E-state index contributed by atoms with van der Waals surface area (Å²) in [6, 6.07) is 19.5. The summed E-state index contributed by atoms with van der Waals surface area (Å²) in [4.78, 5) is 32.3. The highest BCUT2D eigenvalue weighted by molar-refractivity contribution is 7.07. The maximum atomic E-state index is 13.8. The third-order valence-electron chi connectivity index (χ3n) is 6.18. The van der Waals surface area contributed by atoms with E-state index in [4.69, 9.17) is 9.47 Å². The summed E-state index contributed by atoms with van der Waals surface area (Å²) in [7, 11) is 0. The largest absolute Gasteiger partial charge is 0.454 e. The van der Waals surface area contributed by atoms with Crippen LogP contribution in [-0.2, 0) is 4.79 Å². The maximum absolute atomic E-state index is 13.8. The standard InChI is InChI=1S/C28H20FN3O4S/c1-16-24(26(33)31-20-5-3-2-4-6-20)25(18-8-10-19(29)11-9-18)32-27(34)23(37-28(32)30-16)14-17-7-12-21-22(13-17)36-15-35-21/h2-14,25H,15H2,1H3,(H,31,33). The summed E-state index contributed by atoms with van der Waals surface area (Å²) in [6.07, 6.45) is 1.76. The first-order valence-corrected chi connectivity index (χ1v) is 12.3. The lowest BCUT2D eigenvalue weighted by molar-refractivity contribution is -0.113. The summed E-state index contributed by atoms with van der Waals surface area (Å²) < 4.78 is 26.6. The molecule has 9 heteroatoms. The van der Waals surface area contributed by atoms with Gasteiger partial charge >= 0.3 is 0 Å². The lowest BCUT2D eigenvalue weighted by atomic mass is 9.95. The van der Waals surface area contributed by atoms with Gasteiger partial charge in [0.25, 0.3) is 11.5 Å². The first-order chi connectivity index (χ1) is 18.0. The van der Waals surface area contributed by atoms with Crippen molar-refractivity contribution in [3.8, 4) is 11.5 Å². The van der Waals surface area contributed by atoms with Crippen LogP contribution in [0.2, 0.25) is 0 Å². The number of nitrogens with zero attached hydrogens (tertiary/aromatic N) is 2. The Hall–Kier alpha value is -4.50. The monoisotopic (exact) mass is 513 g/mol. The molecule has 0 bridgehead atoms. The van der Waals surface area contributed by atoms with Crippen LogP contribution in [0.1, 0.15) is 24.1 Å². The Morgan fingerprint density at radius 2 is 1.84 bits per heavy atom. The van der Waals surface area contributed by atoms with Gasteiger partial charge in [-0.15, -0.1) is 0 Å². The fraction of sp³-hybridized carbons (Fsp3) is 0.107. The van der Waals surface area contributed by atoms with Gasteiger partial charge in [-0.1, -0.05) is 47.7 Å². The van der Waals surface area contributed by atoms with Crippen molar-refractivity contribution in [1.82, 2.24) is 4.57 Å². The van der Waals surface area contributed by atoms with Crippen molar-refractivity contribution in [2.24, 2.45) is 4.99 Å². The second-order valence-corrected chi connectivity index (χ2v) is 9.58. The van der Waals surface area contributed by atoms with Gasteiger partial charge in [0.2, 0.25) is 6.79 Å². The van der Waals surface area contributed by atoms with Crippen molar-refractivity contribution >= 4 is 29.0 Å². The Labute approximate surface area is 214 Å². The number of hydrogen-bond donors (Lipinski definition) is 1. The molecule has 6 rings (SSSR count). The fourth-order valence-electron chi connectivity index (χ4n) is 4.45. The highest BCUT2D eigenvalue weighted by Crippen LogP contribution is 2.33. The lowest BCUT2D eigenvalue weighted by Crippen LogP contribution is -2.40. The third kappa shape index (κ3) is 4.23. The van der Waals surface area contributed by atoms with Crippen LogP contribution < -0.4 is 29.7 Å². The Morgan fingerprint density at radius 1 is 1.08 bits per heavy atom. The van der Waals surface area contributed by atoms with Gasteiger partial charge in [-0.25, -0.2) is 9.38 Å². The molecule has 0 spiro atoms. The second-order valence-electron chi connectivity index (χ2n) is 8.57. The molecule has 0 radical (unpaired) electrons. The van der Waals surface area contributed by atoms with Crippen molar-refractivity contribution in [3.63, 3.8) is 0 Å². The van der Waals surface area contributed by atoms with Gasteiger partial charge in [0.05, 0.1) is 21.8 Å². The molecule has 0 aliphatic carbocycles. The summed E-state index contributed by atoms with van der Waals surface area (Å²) >= 11 is 1.23. The molecule has 2 aliphatic rings. The Morgan fingerprint density at radius 3 is 2.62 bits per heavy atom. The van der Waals surface area contributed by atoms with Crippen molar-refractivity contribution in [3.05, 3.63) is 121 Å². The number of benzene rings is 3. The van der Waals surface area contributed by atoms with Crippen LogP contribution in [0, 0.1) is 5.82 Å². The smallest absolute Gasteiger partial charge is 0.271 e. The number of carbonyl (C=O) groups excluding carboxylic acids is 1. The molecule has 1 amide bonds. The minimum Gasteiger partial charge on any atom is -0.454 e. The van der Waals surface area contributed by atoms with Crippen molar-refractivity contribution in [2.45, 2.75) is 13.0 Å². The summed E-state index contributed by atoms with van der Waals surface area (Å²) in [5.74, 6) is 0.475. The number of amides is 1. The number of rotatable bonds is 4. The molecule has 0 saturated carbocycles. The van der Waals surface area contributed by atoms with Crippen molar-refractivity contribution < 1.29 is 18.7 Å². The molecule has 0 saturated heterocycles. The summed E-state index contributed by atoms with van der Waals surface area (Å²) in [5, 5.41) is 2.90. The van der Waals surface area contributed by atoms with Gasteiger partial charge in [0.15, 0.2) is 16.3 Å². The molecule has 37 heavy (non-hydrogen) atoms. The van der Waals surface area contributed by atoms with E-state index in [1.165, 1.54) is 28.0 Å². The first-order valence-electron chi connectivity index (χ1n) is 11.5. The van der Waals surface area contributed by atoms with E-state index in [2.05, 4.69) is 10.3 Å². The number of halogens is 1. The topological polar surface area (TPSA) is 81.9 Å². The lowest BCUT2D eigenvalue weighted by Gasteiger charge is -2.25. The average molecular weight is 514 g/mol. The maximum Gasteiger partial charge on any atom is 0.271 e. The van der Waals surface area contributed by atoms with Crippen LogP contribution in [-0.4, -0.2) is 17.3 Å². The van der Waals surface area contributed by atoms with E-state index in [0.29, 0.717) is 43.4 Å². The summed E-state index contributed by atoms with van der Waals surface area (Å²) in [5.41, 5.74) is 2.49. The summed E-state index contributed by atoms with van der Waals surface area (Å²) in [6.45, 7) is 1.90. The van der Waals surface area contributed by atoms with Crippen LogP contribution >= 0.6 is 11.3 Å². The zero-order valence-corrected chi connectivity index (χ0v) is 20.4. The minimum absolute atomic E-state index is 0.158. The third-order valence-corrected chi connectivity index (χ3v) is 7.16. The van der Waals surface area contributed by atoms with Crippen LogP contribution in [0.25, 0.3) is 6.08 Å². The van der Waals surface area contributed by atoms with Gasteiger partial charge in [0.1, 0.15) is 5.82 Å². The normalized spacial score (nSPS) is 16.4. The predicted octanol–water partition coefficient (Wildman–Crippen LogP) is 3.74. The first kappa shape index (κ1) is 22.9. The molecular formula is C28H20FN3O4S. The van der Waals surface area contributed by atoms with E-state index in [1.54, 1.807) is 43.3 Å². The van der Waals surface area contributed by atoms with Crippen LogP contribution in [0.15, 0.2) is 93.9 Å². The molecule has 0 fully saturated rings. The van der Waals surface area contributed by atoms with Gasteiger partial charge in [-0.05, 0) is 60.5 Å². The second kappa shape index (κ2) is 9.18. The molecule has 1 aromatic heterocycles. The van der Waals surface area contributed by atoms with Crippen molar-refractivity contribution in [1.29, 1.82) is 0 Å². The van der Waals surface area contributed by atoms with E-state index in [0.717, 1.165) is 5.56 Å². The number of allylic oxidation sites excluding steroid dienone is 1. The molecular weight excluding hydrogens is 493 g/mol. The number of fused-ring (bicyclic) bond motifs is 2. The van der Waals surface area contributed by atoms with Crippen LogP contribution in [0.4, 0.5) is 10.1 Å². The molecule has 7 nitrogen and oxygen atoms in total. The number of hydrogen-bond acceptors (Lipinski definition) is 6. The number of aromatic nitrogens is 1. The van der Waals surface area contributed by atoms with E-state index in [9.17, 15) is 14.0 Å². The minimum atomic E-state index is -0.778. The average Bonchev–Trinajstić information content (AvgIpc) is 3.48. The highest BCUT2D eigenvalue weighted by Gasteiger charge is 2.32. The highest BCUT2D eigenvalue weighted by atomic mass is 32.1. The van der Waals surface area contributed by atoms with Crippen LogP contribution in [0.5, 0.6) is 11.5 Å². The number of thiazole rings is 1. The zero-order chi connectivity index (χ0) is 25.5. The predicted molar refractivity (Wildman–Crippen MR) is 138 cm³/mol. The van der Waals surface area contributed by atoms with E-state index >= 15 is 0 Å². The Bertz CT molecular complexity index is 1740. The molecule has 3 aromatic carbocycles. The molecule has 3 heterocycles. The zero-order valence-electron chi connectivity index (χ0n) is 19.6. The molecule has 4 aromatic rings. The van der Waals surface area contributed by atoms with Gasteiger partial charge < -0.3 is 14.8 Å². The molecule has 1 unspecified atom stereocenters. The quantitative estimate of drug-likeness (QED) is 0.451. The number of carbonyl (C=O) groups is 1. The molecule has 184 valence electrons. The number of ether oxygens (including phenoxy) is 2. The van der Waals surface area contributed by atoms with E-state index < -0.39 is 11.9 Å². The van der Waals surface area contributed by atoms with Crippen molar-refractivity contribution in [2.75, 3.05) is 12.1 Å². The number of para-hydroxylation sites is 1. The van der Waals surface area contributed by atoms with Gasteiger partial charge in [0, 0.05) is 5.69 Å². The number of nitrogens with one attached hydrogen (secondary N) is 1. The molecule has 1 N–H and O–H groups in total. The van der Waals surface area contributed by atoms with Gasteiger partial charge in [-0.2, -0.15) is 0 Å². The van der Waals surface area contributed by atoms with E-state index in [1.807, 2.05) is 30.3 Å². The SMILES string of the molecule is CC1=C(C(=O)Nc2ccccc2)C(c2ccc(F)cc2)n2c(sc(=Cc3ccc4c(c3)OCO4)c2=O)=N1. The van der Waals surface area contributed by atoms with E-state index in [-0.39, 0.29) is 18.3 Å². The molecule has 2 aliphatic heterocycles. The fourth-order valence-corrected chi connectivity index (χ4v) is 5.49. The Balaban J connectivity index is 1.49.